The molecular formula is C20H20F3N3O5S. The highest BCUT2D eigenvalue weighted by Gasteiger charge is 2.55. The van der Waals surface area contributed by atoms with E-state index in [1.807, 2.05) is 29.6 Å². The van der Waals surface area contributed by atoms with Crippen molar-refractivity contribution in [3.63, 3.8) is 0 Å². The molecule has 0 unspecified atom stereocenters. The van der Waals surface area contributed by atoms with Gasteiger partial charge in [-0.2, -0.15) is 13.2 Å². The van der Waals surface area contributed by atoms with Crippen LogP contribution in [-0.2, 0) is 9.59 Å². The Morgan fingerprint density at radius 3 is 2.69 bits per heavy atom. The number of hydrogen-bond acceptors (Lipinski definition) is 6. The van der Waals surface area contributed by atoms with Crippen LogP contribution in [0.2, 0.25) is 0 Å². The van der Waals surface area contributed by atoms with Gasteiger partial charge in [-0.1, -0.05) is 6.07 Å². The number of carbonyl (C=O) groups is 3. The van der Waals surface area contributed by atoms with Crippen LogP contribution < -0.4 is 10.1 Å². The summed E-state index contributed by atoms with van der Waals surface area (Å²) in [5, 5.41) is 12.0. The topological polar surface area (TPSA) is 109 Å². The lowest BCUT2D eigenvalue weighted by Crippen LogP contribution is -2.41. The third-order valence-electron chi connectivity index (χ3n) is 5.39. The van der Waals surface area contributed by atoms with Gasteiger partial charge in [0.15, 0.2) is 0 Å². The molecule has 2 aromatic rings. The molecule has 4 rings (SSSR count). The maximum Gasteiger partial charge on any atom is 0.490 e. The molecule has 2 fully saturated rings. The predicted octanol–water partition coefficient (Wildman–Crippen LogP) is 2.43. The number of aromatic nitrogens is 1. The average Bonchev–Trinajstić information content (AvgIpc) is 3.50. The first-order chi connectivity index (χ1) is 15.1. The Balaban J connectivity index is 0.000000360. The first kappa shape index (κ1) is 23.5. The molecule has 0 aliphatic carbocycles. The third-order valence-corrected chi connectivity index (χ3v) is 6.25. The number of carboxylic acid groups (broad SMARTS) is 1. The zero-order valence-corrected chi connectivity index (χ0v) is 17.5. The van der Waals surface area contributed by atoms with E-state index in [-0.39, 0.29) is 17.7 Å². The van der Waals surface area contributed by atoms with Gasteiger partial charge < -0.3 is 20.1 Å². The van der Waals surface area contributed by atoms with Crippen LogP contribution in [0, 0.1) is 11.3 Å². The summed E-state index contributed by atoms with van der Waals surface area (Å²) in [6, 6.07) is 7.37. The van der Waals surface area contributed by atoms with E-state index in [9.17, 15) is 22.8 Å². The quantitative estimate of drug-likeness (QED) is 0.709. The molecular weight excluding hydrogens is 451 g/mol. The lowest BCUT2D eigenvalue weighted by Gasteiger charge is -2.28. The van der Waals surface area contributed by atoms with Gasteiger partial charge in [0.2, 0.25) is 5.91 Å². The molecule has 172 valence electrons. The SMILES string of the molecule is O=C(O)C(F)(F)F.O=C(c1cccs1)N1CC[C@]2(C1)C(=O)NC[C@H]2COc1cccnc1. The van der Waals surface area contributed by atoms with Gasteiger partial charge in [0, 0.05) is 31.7 Å². The summed E-state index contributed by atoms with van der Waals surface area (Å²) in [7, 11) is 0. The maximum atomic E-state index is 12.6. The van der Waals surface area contributed by atoms with Crippen molar-refractivity contribution in [1.29, 1.82) is 0 Å². The fraction of sp³-hybridized carbons (Fsp3) is 0.400. The number of halogens is 3. The van der Waals surface area contributed by atoms with Crippen molar-refractivity contribution >= 4 is 29.1 Å². The molecule has 0 radical (unpaired) electrons. The van der Waals surface area contributed by atoms with Crippen LogP contribution in [0.5, 0.6) is 5.75 Å². The van der Waals surface area contributed by atoms with Crippen LogP contribution in [-0.4, -0.2) is 65.2 Å². The molecule has 2 N–H and O–H groups in total. The minimum absolute atomic E-state index is 0.0125. The first-order valence-electron chi connectivity index (χ1n) is 9.57. The molecule has 0 bridgehead atoms. The van der Waals surface area contributed by atoms with Crippen molar-refractivity contribution in [2.45, 2.75) is 12.6 Å². The number of carbonyl (C=O) groups excluding carboxylic acids is 2. The molecule has 32 heavy (non-hydrogen) atoms. The standard InChI is InChI=1S/C18H19N3O3S.C2HF3O2/c22-16(15-4-2-8-25-15)21-7-5-18(12-21)13(9-20-17(18)23)11-24-14-3-1-6-19-10-14;3-2(4,5)1(6)7/h1-4,6,8,10,13H,5,7,9,11-12H2,(H,20,23);(H,6,7)/t13-,18+;/m0./s1. The van der Waals surface area contributed by atoms with Crippen LogP contribution in [0.3, 0.4) is 0 Å². The number of alkyl halides is 3. The van der Waals surface area contributed by atoms with E-state index < -0.39 is 17.6 Å². The van der Waals surface area contributed by atoms with Crippen LogP contribution in [0.25, 0.3) is 0 Å². The number of nitrogens with zero attached hydrogens (tertiary/aromatic N) is 2. The molecule has 1 spiro atoms. The molecule has 4 heterocycles. The number of amides is 2. The van der Waals surface area contributed by atoms with Gasteiger partial charge in [-0.3, -0.25) is 14.6 Å². The van der Waals surface area contributed by atoms with Crippen molar-refractivity contribution in [2.75, 3.05) is 26.2 Å². The number of thiophene rings is 1. The van der Waals surface area contributed by atoms with Crippen LogP contribution >= 0.6 is 11.3 Å². The molecule has 2 atom stereocenters. The Labute approximate surface area is 185 Å². The molecule has 8 nitrogen and oxygen atoms in total. The normalized spacial score (nSPS) is 22.3. The zero-order chi connectivity index (χ0) is 23.4. The fourth-order valence-electron chi connectivity index (χ4n) is 3.70. The summed E-state index contributed by atoms with van der Waals surface area (Å²) in [5.74, 6) is -1.97. The van der Waals surface area contributed by atoms with Gasteiger partial charge in [0.05, 0.1) is 23.1 Å². The zero-order valence-electron chi connectivity index (χ0n) is 16.7. The highest BCUT2D eigenvalue weighted by molar-refractivity contribution is 7.12. The highest BCUT2D eigenvalue weighted by Crippen LogP contribution is 2.42. The van der Waals surface area contributed by atoms with Gasteiger partial charge in [0.1, 0.15) is 5.75 Å². The third kappa shape index (κ3) is 5.18. The van der Waals surface area contributed by atoms with Crippen molar-refractivity contribution in [3.8, 4) is 5.75 Å². The fourth-order valence-corrected chi connectivity index (χ4v) is 4.39. The van der Waals surface area contributed by atoms with E-state index >= 15 is 0 Å². The Kier molecular flexibility index (Phi) is 7.02. The van der Waals surface area contributed by atoms with Gasteiger partial charge in [0.25, 0.3) is 5.91 Å². The molecule has 0 aromatic carbocycles. The number of hydrogen-bond donors (Lipinski definition) is 2. The summed E-state index contributed by atoms with van der Waals surface area (Å²) >= 11 is 1.43. The van der Waals surface area contributed by atoms with Crippen LogP contribution in [0.1, 0.15) is 16.1 Å². The van der Waals surface area contributed by atoms with Gasteiger partial charge >= 0.3 is 12.1 Å². The minimum Gasteiger partial charge on any atom is -0.492 e. The molecule has 2 amide bonds. The largest absolute Gasteiger partial charge is 0.492 e. The molecule has 2 aromatic heterocycles. The van der Waals surface area contributed by atoms with E-state index in [4.69, 9.17) is 14.6 Å². The summed E-state index contributed by atoms with van der Waals surface area (Å²) in [5.41, 5.74) is -0.546. The number of nitrogens with one attached hydrogen (secondary N) is 1. The van der Waals surface area contributed by atoms with Crippen LogP contribution in [0.4, 0.5) is 13.2 Å². The summed E-state index contributed by atoms with van der Waals surface area (Å²) in [6.07, 6.45) is -1.05. The number of carboxylic acids is 1. The average molecular weight is 471 g/mol. The summed E-state index contributed by atoms with van der Waals surface area (Å²) in [4.78, 5) is 40.6. The summed E-state index contributed by atoms with van der Waals surface area (Å²) < 4.78 is 37.6. The second-order valence-corrected chi connectivity index (χ2v) is 8.27. The van der Waals surface area contributed by atoms with E-state index in [0.717, 1.165) is 4.88 Å². The monoisotopic (exact) mass is 471 g/mol. The summed E-state index contributed by atoms with van der Waals surface area (Å²) in [6.45, 7) is 2.08. The van der Waals surface area contributed by atoms with E-state index in [1.165, 1.54) is 11.3 Å². The maximum absolute atomic E-state index is 12.6. The molecule has 2 aliphatic heterocycles. The van der Waals surface area contributed by atoms with Gasteiger partial charge in [-0.05, 0) is 30.0 Å². The van der Waals surface area contributed by atoms with Crippen molar-refractivity contribution in [3.05, 3.63) is 46.9 Å². The molecule has 2 aliphatic rings. The molecule has 12 heteroatoms. The lowest BCUT2D eigenvalue weighted by atomic mass is 9.77. The number of aliphatic carboxylic acids is 1. The Morgan fingerprint density at radius 1 is 1.34 bits per heavy atom. The molecule has 2 saturated heterocycles. The Hall–Kier alpha value is -3.15. The van der Waals surface area contributed by atoms with Gasteiger partial charge in [-0.15, -0.1) is 11.3 Å². The first-order valence-corrected chi connectivity index (χ1v) is 10.5. The molecule has 0 saturated carbocycles. The van der Waals surface area contributed by atoms with Crippen molar-refractivity contribution < 1.29 is 37.4 Å². The number of rotatable bonds is 4. The lowest BCUT2D eigenvalue weighted by molar-refractivity contribution is -0.192. The van der Waals surface area contributed by atoms with E-state index in [2.05, 4.69) is 10.3 Å². The second kappa shape index (κ2) is 9.55. The Morgan fingerprint density at radius 2 is 2.09 bits per heavy atom. The van der Waals surface area contributed by atoms with E-state index in [0.29, 0.717) is 38.4 Å². The number of ether oxygens (including phenoxy) is 1. The van der Waals surface area contributed by atoms with Gasteiger partial charge in [-0.25, -0.2) is 4.79 Å². The smallest absolute Gasteiger partial charge is 0.490 e. The van der Waals surface area contributed by atoms with E-state index in [1.54, 1.807) is 17.3 Å². The minimum atomic E-state index is -5.08. The number of pyridine rings is 1. The Bertz CT molecular complexity index is 955. The highest BCUT2D eigenvalue weighted by atomic mass is 32.1. The number of likely N-dealkylation sites (tertiary alicyclic amines) is 1. The van der Waals surface area contributed by atoms with Crippen molar-refractivity contribution in [1.82, 2.24) is 15.2 Å². The van der Waals surface area contributed by atoms with Crippen LogP contribution in [0.15, 0.2) is 42.0 Å². The second-order valence-electron chi connectivity index (χ2n) is 7.32. The predicted molar refractivity (Wildman–Crippen MR) is 107 cm³/mol. The van der Waals surface area contributed by atoms with Crippen molar-refractivity contribution in [2.24, 2.45) is 11.3 Å².